The van der Waals surface area contributed by atoms with Crippen LogP contribution in [0.2, 0.25) is 0 Å². The maximum absolute atomic E-state index is 12.8. The van der Waals surface area contributed by atoms with E-state index in [1.807, 2.05) is 0 Å². The number of hydrogen-bond acceptors (Lipinski definition) is 2. The lowest BCUT2D eigenvalue weighted by Gasteiger charge is -2.13. The van der Waals surface area contributed by atoms with Crippen molar-refractivity contribution >= 4 is 11.8 Å². The Kier molecular flexibility index (Phi) is 4.61. The zero-order chi connectivity index (χ0) is 13.8. The highest BCUT2D eigenvalue weighted by atomic mass is 32.2. The Morgan fingerprint density at radius 2 is 1.74 bits per heavy atom. The van der Waals surface area contributed by atoms with Gasteiger partial charge in [0.1, 0.15) is 5.82 Å². The molecule has 2 aromatic rings. The van der Waals surface area contributed by atoms with E-state index in [1.54, 1.807) is 23.9 Å². The van der Waals surface area contributed by atoms with Gasteiger partial charge in [0.2, 0.25) is 0 Å². The summed E-state index contributed by atoms with van der Waals surface area (Å²) in [6.07, 6.45) is 0. The van der Waals surface area contributed by atoms with E-state index in [2.05, 4.69) is 32.0 Å². The maximum Gasteiger partial charge on any atom is 0.123 e. The molecule has 0 aliphatic carbocycles. The Labute approximate surface area is 118 Å². The molecular formula is C16H18FNS. The number of benzene rings is 2. The first-order chi connectivity index (χ1) is 9.06. The van der Waals surface area contributed by atoms with Crippen molar-refractivity contribution in [1.29, 1.82) is 0 Å². The maximum atomic E-state index is 12.8. The number of thioether (sulfide) groups is 1. The zero-order valence-corrected chi connectivity index (χ0v) is 12.0. The summed E-state index contributed by atoms with van der Waals surface area (Å²) in [5.41, 5.74) is 9.89. The highest BCUT2D eigenvalue weighted by Crippen LogP contribution is 2.24. The average Bonchev–Trinajstić information content (AvgIpc) is 2.41. The Morgan fingerprint density at radius 1 is 1.05 bits per heavy atom. The lowest BCUT2D eigenvalue weighted by Crippen LogP contribution is -2.13. The number of hydrogen-bond donors (Lipinski definition) is 1. The van der Waals surface area contributed by atoms with E-state index < -0.39 is 0 Å². The van der Waals surface area contributed by atoms with Crippen LogP contribution in [-0.4, -0.2) is 5.75 Å². The molecule has 0 saturated carbocycles. The Balaban J connectivity index is 1.98. The fraction of sp³-hybridized carbons (Fsp3) is 0.250. The number of nitrogens with two attached hydrogens (primary N) is 1. The van der Waals surface area contributed by atoms with Crippen molar-refractivity contribution in [2.75, 3.05) is 5.75 Å². The largest absolute Gasteiger partial charge is 0.323 e. The van der Waals surface area contributed by atoms with Crippen LogP contribution in [-0.2, 0) is 0 Å². The smallest absolute Gasteiger partial charge is 0.123 e. The Morgan fingerprint density at radius 3 is 2.37 bits per heavy atom. The molecule has 0 aliphatic rings. The van der Waals surface area contributed by atoms with Crippen LogP contribution in [0.5, 0.6) is 0 Å². The molecule has 1 nitrogen and oxygen atoms in total. The van der Waals surface area contributed by atoms with Gasteiger partial charge in [-0.2, -0.15) is 0 Å². The third-order valence-electron chi connectivity index (χ3n) is 3.20. The van der Waals surface area contributed by atoms with E-state index in [0.717, 1.165) is 16.2 Å². The highest BCUT2D eigenvalue weighted by molar-refractivity contribution is 7.99. The Bertz CT molecular complexity index is 551. The van der Waals surface area contributed by atoms with E-state index in [9.17, 15) is 4.39 Å². The van der Waals surface area contributed by atoms with Crippen LogP contribution in [0.25, 0.3) is 0 Å². The molecular weight excluding hydrogens is 257 g/mol. The molecule has 0 heterocycles. The van der Waals surface area contributed by atoms with E-state index in [4.69, 9.17) is 5.73 Å². The molecule has 0 aromatic heterocycles. The molecule has 2 aromatic carbocycles. The van der Waals surface area contributed by atoms with Gasteiger partial charge >= 0.3 is 0 Å². The van der Waals surface area contributed by atoms with Crippen LogP contribution in [0.15, 0.2) is 47.4 Å². The quantitative estimate of drug-likeness (QED) is 0.845. The monoisotopic (exact) mass is 275 g/mol. The van der Waals surface area contributed by atoms with E-state index in [0.29, 0.717) is 0 Å². The fourth-order valence-electron chi connectivity index (χ4n) is 1.81. The predicted octanol–water partition coefficient (Wildman–Crippen LogP) is 4.23. The summed E-state index contributed by atoms with van der Waals surface area (Å²) in [6, 6.07) is 12.8. The summed E-state index contributed by atoms with van der Waals surface area (Å²) < 4.78 is 12.8. The van der Waals surface area contributed by atoms with Crippen molar-refractivity contribution in [1.82, 2.24) is 0 Å². The van der Waals surface area contributed by atoms with E-state index in [1.165, 1.54) is 23.3 Å². The van der Waals surface area contributed by atoms with Gasteiger partial charge in [0, 0.05) is 16.7 Å². The normalized spacial score (nSPS) is 12.4. The van der Waals surface area contributed by atoms with Crippen LogP contribution in [0, 0.1) is 19.7 Å². The number of rotatable bonds is 4. The second-order valence-corrected chi connectivity index (χ2v) is 5.81. The minimum absolute atomic E-state index is 0.00523. The first-order valence-electron chi connectivity index (χ1n) is 6.27. The van der Waals surface area contributed by atoms with Crippen molar-refractivity contribution in [3.8, 4) is 0 Å². The van der Waals surface area contributed by atoms with Crippen LogP contribution < -0.4 is 5.73 Å². The number of aryl methyl sites for hydroxylation is 2. The lowest BCUT2D eigenvalue weighted by molar-refractivity contribution is 0.626. The molecule has 19 heavy (non-hydrogen) atoms. The van der Waals surface area contributed by atoms with Crippen molar-refractivity contribution in [3.63, 3.8) is 0 Å². The summed E-state index contributed by atoms with van der Waals surface area (Å²) in [6.45, 7) is 4.19. The molecule has 3 heteroatoms. The van der Waals surface area contributed by atoms with Gasteiger partial charge in [-0.05, 0) is 54.8 Å². The van der Waals surface area contributed by atoms with E-state index in [-0.39, 0.29) is 11.9 Å². The van der Waals surface area contributed by atoms with Crippen LogP contribution >= 0.6 is 11.8 Å². The van der Waals surface area contributed by atoms with Crippen molar-refractivity contribution in [2.24, 2.45) is 5.73 Å². The van der Waals surface area contributed by atoms with E-state index >= 15 is 0 Å². The molecule has 0 radical (unpaired) electrons. The molecule has 0 saturated heterocycles. The minimum Gasteiger partial charge on any atom is -0.323 e. The Hall–Kier alpha value is -1.32. The van der Waals surface area contributed by atoms with Gasteiger partial charge in [-0.3, -0.25) is 0 Å². The minimum atomic E-state index is -0.206. The average molecular weight is 275 g/mol. The van der Waals surface area contributed by atoms with Crippen molar-refractivity contribution in [3.05, 3.63) is 65.0 Å². The molecule has 2 N–H and O–H groups in total. The first kappa shape index (κ1) is 14.1. The number of halogens is 1. The molecule has 0 bridgehead atoms. The SMILES string of the molecule is Cc1ccc(C(N)CSc2ccc(F)cc2)cc1C. The molecule has 0 amide bonds. The highest BCUT2D eigenvalue weighted by Gasteiger charge is 2.07. The third kappa shape index (κ3) is 3.82. The zero-order valence-electron chi connectivity index (χ0n) is 11.2. The third-order valence-corrected chi connectivity index (χ3v) is 4.33. The van der Waals surface area contributed by atoms with Crippen LogP contribution in [0.1, 0.15) is 22.7 Å². The van der Waals surface area contributed by atoms with Gasteiger partial charge in [-0.15, -0.1) is 11.8 Å². The standard InChI is InChI=1S/C16H18FNS/c1-11-3-4-13(9-12(11)2)16(18)10-19-15-7-5-14(17)6-8-15/h3-9,16H,10,18H2,1-2H3. The predicted molar refractivity (Wildman–Crippen MR) is 80.0 cm³/mol. The van der Waals surface area contributed by atoms with Crippen molar-refractivity contribution in [2.45, 2.75) is 24.8 Å². The summed E-state index contributed by atoms with van der Waals surface area (Å²) >= 11 is 1.65. The molecule has 0 fully saturated rings. The topological polar surface area (TPSA) is 26.0 Å². The van der Waals surface area contributed by atoms with Gasteiger partial charge in [-0.25, -0.2) is 4.39 Å². The molecule has 0 spiro atoms. The van der Waals surface area contributed by atoms with Gasteiger partial charge in [-0.1, -0.05) is 18.2 Å². The van der Waals surface area contributed by atoms with Gasteiger partial charge in [0.25, 0.3) is 0 Å². The van der Waals surface area contributed by atoms with Gasteiger partial charge in [0.15, 0.2) is 0 Å². The molecule has 100 valence electrons. The lowest BCUT2D eigenvalue weighted by atomic mass is 10.0. The van der Waals surface area contributed by atoms with Crippen LogP contribution in [0.3, 0.4) is 0 Å². The molecule has 1 unspecified atom stereocenters. The van der Waals surface area contributed by atoms with Crippen LogP contribution in [0.4, 0.5) is 4.39 Å². The first-order valence-corrected chi connectivity index (χ1v) is 7.26. The summed E-state index contributed by atoms with van der Waals surface area (Å²) in [4.78, 5) is 1.04. The molecule has 2 rings (SSSR count). The molecule has 1 atom stereocenters. The van der Waals surface area contributed by atoms with Gasteiger partial charge in [0.05, 0.1) is 0 Å². The summed E-state index contributed by atoms with van der Waals surface area (Å²) in [5, 5.41) is 0. The fourth-order valence-corrected chi connectivity index (χ4v) is 2.70. The summed E-state index contributed by atoms with van der Waals surface area (Å²) in [5.74, 6) is 0.580. The second-order valence-electron chi connectivity index (χ2n) is 4.72. The van der Waals surface area contributed by atoms with Crippen molar-refractivity contribution < 1.29 is 4.39 Å². The molecule has 0 aliphatic heterocycles. The van der Waals surface area contributed by atoms with Gasteiger partial charge < -0.3 is 5.73 Å². The second kappa shape index (κ2) is 6.22. The summed E-state index contributed by atoms with van der Waals surface area (Å²) in [7, 11) is 0.